The summed E-state index contributed by atoms with van der Waals surface area (Å²) in [5.74, 6) is 1.82. The molecule has 0 saturated heterocycles. The van der Waals surface area contributed by atoms with E-state index in [9.17, 15) is 13.2 Å². The molecule has 6 heteroatoms. The van der Waals surface area contributed by atoms with Gasteiger partial charge in [-0.3, -0.25) is 0 Å². The molecule has 2 nitrogen and oxygen atoms in total. The highest BCUT2D eigenvalue weighted by molar-refractivity contribution is 6.32. The monoisotopic (exact) mass is 354 g/mol. The minimum absolute atomic E-state index is 0.0878. The van der Waals surface area contributed by atoms with Crippen molar-refractivity contribution in [1.82, 2.24) is 0 Å². The standard InChI is InChI=1S/C18H14ClF3O2/c1-17(2)15-11-5-4-10(8-14(11)24-16(15)17)23-13-6-3-9(7-12(13)19)18(20,21)22/h3-8,15-16H,1-2H3/t15-,16+/m0/s1. The first-order valence-corrected chi connectivity index (χ1v) is 7.91. The molecular formula is C18H14ClF3O2. The van der Waals surface area contributed by atoms with Crippen LogP contribution in [0.3, 0.4) is 0 Å². The van der Waals surface area contributed by atoms with Gasteiger partial charge in [0, 0.05) is 23.0 Å². The van der Waals surface area contributed by atoms with Crippen LogP contribution in [-0.4, -0.2) is 6.10 Å². The second kappa shape index (κ2) is 4.82. The molecule has 0 unspecified atom stereocenters. The number of hydrogen-bond donors (Lipinski definition) is 0. The van der Waals surface area contributed by atoms with Crippen LogP contribution in [-0.2, 0) is 6.18 Å². The lowest BCUT2D eigenvalue weighted by Gasteiger charge is -2.14. The molecule has 0 aromatic heterocycles. The maximum Gasteiger partial charge on any atom is 0.416 e. The number of fused-ring (bicyclic) bond motifs is 3. The van der Waals surface area contributed by atoms with Gasteiger partial charge < -0.3 is 9.47 Å². The van der Waals surface area contributed by atoms with Gasteiger partial charge >= 0.3 is 6.18 Å². The predicted molar refractivity (Wildman–Crippen MR) is 83.9 cm³/mol. The van der Waals surface area contributed by atoms with E-state index in [1.165, 1.54) is 6.07 Å². The Morgan fingerprint density at radius 2 is 1.88 bits per heavy atom. The molecule has 4 rings (SSSR count). The zero-order valence-corrected chi connectivity index (χ0v) is 13.7. The number of ether oxygens (including phenoxy) is 2. The highest BCUT2D eigenvalue weighted by Crippen LogP contribution is 2.66. The minimum Gasteiger partial charge on any atom is -0.489 e. The zero-order valence-electron chi connectivity index (χ0n) is 12.9. The Morgan fingerprint density at radius 1 is 1.12 bits per heavy atom. The molecule has 1 aliphatic heterocycles. The normalized spacial score (nSPS) is 23.2. The zero-order chi connectivity index (χ0) is 17.3. The molecule has 0 N–H and O–H groups in total. The Balaban J connectivity index is 1.57. The Bertz CT molecular complexity index is 829. The fourth-order valence-electron chi connectivity index (χ4n) is 3.34. The summed E-state index contributed by atoms with van der Waals surface area (Å²) in [5.41, 5.74) is 0.502. The Hall–Kier alpha value is -1.88. The number of benzene rings is 2. The van der Waals surface area contributed by atoms with Crippen molar-refractivity contribution in [2.75, 3.05) is 0 Å². The fraction of sp³-hybridized carbons (Fsp3) is 0.333. The Morgan fingerprint density at radius 3 is 2.54 bits per heavy atom. The summed E-state index contributed by atoms with van der Waals surface area (Å²) in [6.07, 6.45) is -4.24. The van der Waals surface area contributed by atoms with Crippen molar-refractivity contribution in [3.63, 3.8) is 0 Å². The maximum absolute atomic E-state index is 12.7. The van der Waals surface area contributed by atoms with E-state index >= 15 is 0 Å². The second-order valence-electron chi connectivity index (χ2n) is 6.78. The van der Waals surface area contributed by atoms with Crippen LogP contribution in [0.5, 0.6) is 17.2 Å². The quantitative estimate of drug-likeness (QED) is 0.655. The molecule has 0 amide bonds. The lowest BCUT2D eigenvalue weighted by atomic mass is 10.0. The van der Waals surface area contributed by atoms with Crippen LogP contribution in [0.25, 0.3) is 0 Å². The van der Waals surface area contributed by atoms with Crippen LogP contribution in [0.2, 0.25) is 5.02 Å². The summed E-state index contributed by atoms with van der Waals surface area (Å²) < 4.78 is 49.5. The SMILES string of the molecule is CC1(C)[C@@H]2Oc3cc(Oc4ccc(C(F)(F)F)cc4Cl)ccc3[C@@H]21. The molecule has 2 aromatic rings. The molecule has 1 fully saturated rings. The summed E-state index contributed by atoms with van der Waals surface area (Å²) >= 11 is 5.91. The van der Waals surface area contributed by atoms with Crippen LogP contribution in [0, 0.1) is 5.41 Å². The second-order valence-corrected chi connectivity index (χ2v) is 7.19. The van der Waals surface area contributed by atoms with Crippen LogP contribution in [0.4, 0.5) is 13.2 Å². The first-order valence-electron chi connectivity index (χ1n) is 7.53. The smallest absolute Gasteiger partial charge is 0.416 e. The first kappa shape index (κ1) is 15.6. The number of halogens is 4. The lowest BCUT2D eigenvalue weighted by Crippen LogP contribution is -2.05. The largest absolute Gasteiger partial charge is 0.489 e. The minimum atomic E-state index is -4.43. The van der Waals surface area contributed by atoms with E-state index < -0.39 is 11.7 Å². The van der Waals surface area contributed by atoms with Gasteiger partial charge in [-0.1, -0.05) is 31.5 Å². The Labute approximate surface area is 142 Å². The topological polar surface area (TPSA) is 18.5 Å². The van der Waals surface area contributed by atoms with Gasteiger partial charge in [-0.2, -0.15) is 13.2 Å². The molecule has 0 radical (unpaired) electrons. The maximum atomic E-state index is 12.7. The van der Waals surface area contributed by atoms with E-state index in [0.717, 1.165) is 23.4 Å². The molecule has 126 valence electrons. The van der Waals surface area contributed by atoms with Gasteiger partial charge in [0.2, 0.25) is 0 Å². The van der Waals surface area contributed by atoms with Gasteiger partial charge in [-0.05, 0) is 24.3 Å². The van der Waals surface area contributed by atoms with Gasteiger partial charge in [0.1, 0.15) is 23.4 Å². The van der Waals surface area contributed by atoms with Crippen molar-refractivity contribution in [3.8, 4) is 17.2 Å². The van der Waals surface area contributed by atoms with Crippen molar-refractivity contribution in [1.29, 1.82) is 0 Å². The molecule has 2 atom stereocenters. The lowest BCUT2D eigenvalue weighted by molar-refractivity contribution is -0.137. The van der Waals surface area contributed by atoms with Crippen LogP contribution < -0.4 is 9.47 Å². The Kier molecular flexibility index (Phi) is 3.14. The van der Waals surface area contributed by atoms with Crippen LogP contribution in [0.15, 0.2) is 36.4 Å². The first-order chi connectivity index (χ1) is 11.2. The highest BCUT2D eigenvalue weighted by Gasteiger charge is 2.65. The third-order valence-corrected chi connectivity index (χ3v) is 5.08. The number of alkyl halides is 3. The van der Waals surface area contributed by atoms with E-state index in [0.29, 0.717) is 11.7 Å². The molecule has 1 aliphatic carbocycles. The molecule has 0 bridgehead atoms. The predicted octanol–water partition coefficient (Wildman–Crippen LogP) is 6.04. The van der Waals surface area contributed by atoms with Crippen molar-refractivity contribution in [2.45, 2.75) is 32.0 Å². The van der Waals surface area contributed by atoms with Gasteiger partial charge in [-0.25, -0.2) is 0 Å². The van der Waals surface area contributed by atoms with Gasteiger partial charge in [0.05, 0.1) is 10.6 Å². The third kappa shape index (κ3) is 2.34. The molecule has 1 heterocycles. The molecule has 0 spiro atoms. The molecular weight excluding hydrogens is 341 g/mol. The highest BCUT2D eigenvalue weighted by atomic mass is 35.5. The summed E-state index contributed by atoms with van der Waals surface area (Å²) in [7, 11) is 0. The summed E-state index contributed by atoms with van der Waals surface area (Å²) in [6, 6.07) is 8.52. The fourth-order valence-corrected chi connectivity index (χ4v) is 3.55. The van der Waals surface area contributed by atoms with E-state index in [1.54, 1.807) is 12.1 Å². The van der Waals surface area contributed by atoms with Crippen molar-refractivity contribution in [3.05, 3.63) is 52.5 Å². The molecule has 24 heavy (non-hydrogen) atoms. The van der Waals surface area contributed by atoms with Crippen molar-refractivity contribution in [2.24, 2.45) is 5.41 Å². The van der Waals surface area contributed by atoms with E-state index in [4.69, 9.17) is 21.1 Å². The molecule has 1 saturated carbocycles. The average Bonchev–Trinajstić information content (AvgIpc) is 2.86. The van der Waals surface area contributed by atoms with Crippen LogP contribution in [0.1, 0.15) is 30.9 Å². The third-order valence-electron chi connectivity index (χ3n) is 4.79. The van der Waals surface area contributed by atoms with Gasteiger partial charge in [-0.15, -0.1) is 0 Å². The van der Waals surface area contributed by atoms with Crippen molar-refractivity contribution >= 4 is 11.6 Å². The van der Waals surface area contributed by atoms with Gasteiger partial charge in [0.15, 0.2) is 0 Å². The molecule has 2 aliphatic rings. The van der Waals surface area contributed by atoms with E-state index in [2.05, 4.69) is 13.8 Å². The average molecular weight is 355 g/mol. The van der Waals surface area contributed by atoms with E-state index in [-0.39, 0.29) is 22.3 Å². The van der Waals surface area contributed by atoms with Crippen LogP contribution >= 0.6 is 11.6 Å². The van der Waals surface area contributed by atoms with Crippen molar-refractivity contribution < 1.29 is 22.6 Å². The number of hydrogen-bond acceptors (Lipinski definition) is 2. The summed E-state index contributed by atoms with van der Waals surface area (Å²) in [6.45, 7) is 4.33. The number of rotatable bonds is 2. The van der Waals surface area contributed by atoms with E-state index in [1.807, 2.05) is 6.07 Å². The summed E-state index contributed by atoms with van der Waals surface area (Å²) in [4.78, 5) is 0. The molecule has 2 aromatic carbocycles. The van der Waals surface area contributed by atoms with Gasteiger partial charge in [0.25, 0.3) is 0 Å². The summed E-state index contributed by atoms with van der Waals surface area (Å²) in [5, 5.41) is -0.0878.